The topological polar surface area (TPSA) is 78.3 Å². The van der Waals surface area contributed by atoms with Gasteiger partial charge in [-0.25, -0.2) is 14.8 Å². The molecule has 104 valence electrons. The van der Waals surface area contributed by atoms with Gasteiger partial charge in [0.1, 0.15) is 11.9 Å². The molecular weight excluding hydrogens is 244 g/mol. The highest BCUT2D eigenvalue weighted by atomic mass is 16.4. The van der Waals surface area contributed by atoms with E-state index in [0.717, 1.165) is 19.6 Å². The monoisotopic (exact) mass is 264 g/mol. The smallest absolute Gasteiger partial charge is 0.339 e. The lowest BCUT2D eigenvalue weighted by Gasteiger charge is -2.22. The molecule has 19 heavy (non-hydrogen) atoms. The van der Waals surface area contributed by atoms with Gasteiger partial charge in [0.25, 0.3) is 0 Å². The molecule has 2 heterocycles. The van der Waals surface area contributed by atoms with Gasteiger partial charge in [-0.05, 0) is 25.9 Å². The van der Waals surface area contributed by atoms with Gasteiger partial charge in [0.05, 0.1) is 5.69 Å². The van der Waals surface area contributed by atoms with Crippen LogP contribution < -0.4 is 5.32 Å². The molecule has 6 heteroatoms. The molecule has 6 nitrogen and oxygen atoms in total. The van der Waals surface area contributed by atoms with Gasteiger partial charge < -0.3 is 10.4 Å². The van der Waals surface area contributed by atoms with Crippen LogP contribution in [0.25, 0.3) is 0 Å². The fourth-order valence-electron chi connectivity index (χ4n) is 2.57. The van der Waals surface area contributed by atoms with Crippen molar-refractivity contribution >= 4 is 5.97 Å². The predicted octanol–water partition coefficient (Wildman–Crippen LogP) is 0.749. The molecular formula is C13H20N4O2. The Hall–Kier alpha value is -1.53. The van der Waals surface area contributed by atoms with Gasteiger partial charge >= 0.3 is 5.97 Å². The Kier molecular flexibility index (Phi) is 4.81. The molecule has 1 aliphatic heterocycles. The zero-order valence-electron chi connectivity index (χ0n) is 11.2. The maximum absolute atomic E-state index is 11.0. The molecule has 1 aliphatic rings. The summed E-state index contributed by atoms with van der Waals surface area (Å²) in [7, 11) is 0. The van der Waals surface area contributed by atoms with E-state index in [1.54, 1.807) is 0 Å². The average Bonchev–Trinajstić information content (AvgIpc) is 2.86. The van der Waals surface area contributed by atoms with Gasteiger partial charge in [-0.1, -0.05) is 6.92 Å². The van der Waals surface area contributed by atoms with E-state index in [1.165, 1.54) is 25.4 Å². The molecule has 0 bridgehead atoms. The first kappa shape index (κ1) is 13.9. The molecule has 1 atom stereocenters. The van der Waals surface area contributed by atoms with Crippen molar-refractivity contribution in [3.8, 4) is 0 Å². The van der Waals surface area contributed by atoms with E-state index in [1.807, 2.05) is 0 Å². The Bertz CT molecular complexity index is 438. The van der Waals surface area contributed by atoms with E-state index in [9.17, 15) is 4.79 Å². The Morgan fingerprint density at radius 3 is 3.21 bits per heavy atom. The van der Waals surface area contributed by atoms with Gasteiger partial charge in [0, 0.05) is 25.3 Å². The number of carbonyl (C=O) groups is 1. The lowest BCUT2D eigenvalue weighted by molar-refractivity contribution is 0.0694. The summed E-state index contributed by atoms with van der Waals surface area (Å²) in [6.45, 7) is 5.75. The molecule has 1 unspecified atom stereocenters. The fourth-order valence-corrected chi connectivity index (χ4v) is 2.57. The quantitative estimate of drug-likeness (QED) is 0.789. The van der Waals surface area contributed by atoms with Gasteiger partial charge in [-0.2, -0.15) is 0 Å². The van der Waals surface area contributed by atoms with Crippen molar-refractivity contribution < 1.29 is 9.90 Å². The van der Waals surface area contributed by atoms with Crippen LogP contribution >= 0.6 is 0 Å². The Morgan fingerprint density at radius 1 is 1.63 bits per heavy atom. The summed E-state index contributed by atoms with van der Waals surface area (Å²) < 4.78 is 0. The number of carboxylic acid groups (broad SMARTS) is 1. The normalized spacial score (nSPS) is 19.7. The maximum atomic E-state index is 11.0. The molecule has 0 aromatic carbocycles. The van der Waals surface area contributed by atoms with Crippen LogP contribution in [0.1, 0.15) is 35.8 Å². The zero-order chi connectivity index (χ0) is 13.7. The van der Waals surface area contributed by atoms with E-state index in [2.05, 4.69) is 27.1 Å². The molecule has 0 aliphatic carbocycles. The largest absolute Gasteiger partial charge is 0.478 e. The molecule has 0 amide bonds. The number of likely N-dealkylation sites (tertiary alicyclic amines) is 1. The number of aromatic nitrogens is 2. The summed E-state index contributed by atoms with van der Waals surface area (Å²) in [6, 6.07) is 0.556. The van der Waals surface area contributed by atoms with Gasteiger partial charge in [0.2, 0.25) is 0 Å². The molecule has 1 fully saturated rings. The van der Waals surface area contributed by atoms with E-state index in [-0.39, 0.29) is 5.56 Å². The summed E-state index contributed by atoms with van der Waals surface area (Å²) in [6.07, 6.45) is 5.18. The molecule has 1 aromatic heterocycles. The minimum Gasteiger partial charge on any atom is -0.478 e. The van der Waals surface area contributed by atoms with Crippen LogP contribution in [0.2, 0.25) is 0 Å². The van der Waals surface area contributed by atoms with Gasteiger partial charge in [0.15, 0.2) is 0 Å². The summed E-state index contributed by atoms with van der Waals surface area (Å²) in [4.78, 5) is 21.3. The summed E-state index contributed by atoms with van der Waals surface area (Å²) >= 11 is 0. The third-order valence-electron chi connectivity index (χ3n) is 3.60. The lowest BCUT2D eigenvalue weighted by Crippen LogP contribution is -2.37. The van der Waals surface area contributed by atoms with Crippen molar-refractivity contribution in [3.63, 3.8) is 0 Å². The molecule has 0 spiro atoms. The van der Waals surface area contributed by atoms with Crippen molar-refractivity contribution in [1.82, 2.24) is 20.2 Å². The van der Waals surface area contributed by atoms with Crippen LogP contribution in [-0.4, -0.2) is 51.6 Å². The molecule has 1 aromatic rings. The average molecular weight is 264 g/mol. The maximum Gasteiger partial charge on any atom is 0.339 e. The highest BCUT2D eigenvalue weighted by Gasteiger charge is 2.22. The summed E-state index contributed by atoms with van der Waals surface area (Å²) in [5.41, 5.74) is 0.720. The number of rotatable bonds is 6. The standard InChI is InChI=1S/C13H20N4O2/c1-2-17-5-3-4-10(17)6-14-8-12-11(13(18)19)7-15-9-16-12/h7,9-10,14H,2-6,8H2,1H3,(H,18,19). The predicted molar refractivity (Wildman–Crippen MR) is 71.0 cm³/mol. The van der Waals surface area contributed by atoms with Crippen LogP contribution in [0.5, 0.6) is 0 Å². The van der Waals surface area contributed by atoms with E-state index in [4.69, 9.17) is 5.11 Å². The highest BCUT2D eigenvalue weighted by Crippen LogP contribution is 2.15. The number of hydrogen-bond acceptors (Lipinski definition) is 5. The first-order valence-corrected chi connectivity index (χ1v) is 6.69. The lowest BCUT2D eigenvalue weighted by atomic mass is 10.2. The SMILES string of the molecule is CCN1CCCC1CNCc1ncncc1C(=O)O. The van der Waals surface area contributed by atoms with Crippen LogP contribution in [0.15, 0.2) is 12.5 Å². The second kappa shape index (κ2) is 6.58. The van der Waals surface area contributed by atoms with E-state index >= 15 is 0 Å². The highest BCUT2D eigenvalue weighted by molar-refractivity contribution is 5.88. The minimum atomic E-state index is -0.978. The minimum absolute atomic E-state index is 0.175. The van der Waals surface area contributed by atoms with Gasteiger partial charge in [-0.3, -0.25) is 4.90 Å². The number of hydrogen-bond donors (Lipinski definition) is 2. The third-order valence-corrected chi connectivity index (χ3v) is 3.60. The second-order valence-corrected chi connectivity index (χ2v) is 4.74. The van der Waals surface area contributed by atoms with Crippen LogP contribution in [0, 0.1) is 0 Å². The fraction of sp³-hybridized carbons (Fsp3) is 0.615. The zero-order valence-corrected chi connectivity index (χ0v) is 11.2. The molecule has 2 rings (SSSR count). The second-order valence-electron chi connectivity index (χ2n) is 4.74. The number of nitrogens with zero attached hydrogens (tertiary/aromatic N) is 3. The number of likely N-dealkylation sites (N-methyl/N-ethyl adjacent to an activating group) is 1. The van der Waals surface area contributed by atoms with Crippen molar-refractivity contribution in [2.24, 2.45) is 0 Å². The first-order chi connectivity index (χ1) is 9.22. The Labute approximate surface area is 112 Å². The van der Waals surface area contributed by atoms with Gasteiger partial charge in [-0.15, -0.1) is 0 Å². The Morgan fingerprint density at radius 2 is 2.47 bits per heavy atom. The molecule has 1 saturated heterocycles. The van der Waals surface area contributed by atoms with Crippen molar-refractivity contribution in [2.45, 2.75) is 32.4 Å². The van der Waals surface area contributed by atoms with Crippen LogP contribution in [0.4, 0.5) is 0 Å². The van der Waals surface area contributed by atoms with E-state index < -0.39 is 5.97 Å². The molecule has 0 radical (unpaired) electrons. The van der Waals surface area contributed by atoms with Crippen LogP contribution in [0.3, 0.4) is 0 Å². The summed E-state index contributed by atoms with van der Waals surface area (Å²) in [5, 5.41) is 12.3. The van der Waals surface area contributed by atoms with Crippen LogP contribution in [-0.2, 0) is 6.54 Å². The Balaban J connectivity index is 1.87. The van der Waals surface area contributed by atoms with Crippen molar-refractivity contribution in [3.05, 3.63) is 23.8 Å². The number of carboxylic acids is 1. The van der Waals surface area contributed by atoms with E-state index in [0.29, 0.717) is 18.3 Å². The van der Waals surface area contributed by atoms with Crippen molar-refractivity contribution in [1.29, 1.82) is 0 Å². The number of nitrogens with one attached hydrogen (secondary N) is 1. The van der Waals surface area contributed by atoms with Crippen molar-refractivity contribution in [2.75, 3.05) is 19.6 Å². The third kappa shape index (κ3) is 3.48. The first-order valence-electron chi connectivity index (χ1n) is 6.69. The molecule has 0 saturated carbocycles. The summed E-state index contributed by atoms with van der Waals surface area (Å²) in [5.74, 6) is -0.978. The number of aromatic carboxylic acids is 1. The molecule has 2 N–H and O–H groups in total.